The van der Waals surface area contributed by atoms with Crippen LogP contribution in [0.25, 0.3) is 0 Å². The number of carboxylic acid groups (broad SMARTS) is 1. The van der Waals surface area contributed by atoms with Gasteiger partial charge in [0, 0.05) is 0 Å². The molecule has 3 N–H and O–H groups in total. The first kappa shape index (κ1) is 9.17. The van der Waals surface area contributed by atoms with E-state index in [2.05, 4.69) is 0 Å². The molecule has 0 spiro atoms. The lowest BCUT2D eigenvalue weighted by Crippen LogP contribution is -2.31. The van der Waals surface area contributed by atoms with Gasteiger partial charge < -0.3 is 10.8 Å². The molecule has 0 aromatic carbocycles. The first-order chi connectivity index (χ1) is 4.46. The predicted octanol–water partition coefficient (Wildman–Crippen LogP) is 0.755. The van der Waals surface area contributed by atoms with Gasteiger partial charge in [0.2, 0.25) is 0 Å². The van der Waals surface area contributed by atoms with Gasteiger partial charge in [-0.3, -0.25) is 4.79 Å². The zero-order valence-corrected chi connectivity index (χ0v) is 6.51. The highest BCUT2D eigenvalue weighted by Gasteiger charge is 2.13. The van der Waals surface area contributed by atoms with Crippen molar-refractivity contribution in [1.29, 1.82) is 0 Å². The summed E-state index contributed by atoms with van der Waals surface area (Å²) in [7, 11) is 0. The second kappa shape index (κ2) is 3.37. The standard InChI is InChI=1S/C7H13NO2/c1-4(2)5(3)6(8)7(9)10/h6H,8H2,1-3H3,(H,9,10). The Labute approximate surface area is 60.5 Å². The van der Waals surface area contributed by atoms with Gasteiger partial charge in [0.25, 0.3) is 0 Å². The summed E-state index contributed by atoms with van der Waals surface area (Å²) in [5, 5.41) is 8.44. The molecular formula is C7H13NO2. The van der Waals surface area contributed by atoms with Gasteiger partial charge in [-0.2, -0.15) is 0 Å². The van der Waals surface area contributed by atoms with Gasteiger partial charge in [-0.1, -0.05) is 5.57 Å². The van der Waals surface area contributed by atoms with Gasteiger partial charge in [-0.05, 0) is 26.3 Å². The third kappa shape index (κ3) is 2.19. The smallest absolute Gasteiger partial charge is 0.324 e. The highest BCUT2D eigenvalue weighted by atomic mass is 16.4. The molecule has 3 nitrogen and oxygen atoms in total. The van der Waals surface area contributed by atoms with E-state index in [1.807, 2.05) is 13.8 Å². The largest absolute Gasteiger partial charge is 0.480 e. The van der Waals surface area contributed by atoms with Crippen molar-refractivity contribution in [2.24, 2.45) is 5.73 Å². The van der Waals surface area contributed by atoms with Crippen molar-refractivity contribution in [3.63, 3.8) is 0 Å². The Balaban J connectivity index is 4.37. The summed E-state index contributed by atoms with van der Waals surface area (Å²) in [6, 6.07) is -0.843. The van der Waals surface area contributed by atoms with Gasteiger partial charge >= 0.3 is 5.97 Å². The maximum absolute atomic E-state index is 10.3. The molecular weight excluding hydrogens is 130 g/mol. The summed E-state index contributed by atoms with van der Waals surface area (Å²) in [6.07, 6.45) is 0. The van der Waals surface area contributed by atoms with E-state index in [1.54, 1.807) is 6.92 Å². The lowest BCUT2D eigenvalue weighted by Gasteiger charge is -2.07. The number of rotatable bonds is 2. The maximum Gasteiger partial charge on any atom is 0.324 e. The molecule has 0 radical (unpaired) electrons. The van der Waals surface area contributed by atoms with Crippen LogP contribution in [0.5, 0.6) is 0 Å². The Morgan fingerprint density at radius 2 is 1.80 bits per heavy atom. The van der Waals surface area contributed by atoms with E-state index in [-0.39, 0.29) is 0 Å². The lowest BCUT2D eigenvalue weighted by molar-refractivity contribution is -0.137. The average Bonchev–Trinajstić information content (AvgIpc) is 1.84. The molecule has 3 heteroatoms. The number of carboxylic acids is 1. The molecule has 0 saturated carbocycles. The minimum Gasteiger partial charge on any atom is -0.480 e. The molecule has 1 unspecified atom stereocenters. The second-order valence-corrected chi connectivity index (χ2v) is 2.50. The maximum atomic E-state index is 10.3. The number of hydrogen-bond donors (Lipinski definition) is 2. The molecule has 0 saturated heterocycles. The van der Waals surface area contributed by atoms with E-state index in [1.165, 1.54) is 0 Å². The fourth-order valence-electron chi connectivity index (χ4n) is 0.496. The first-order valence-electron chi connectivity index (χ1n) is 3.09. The quantitative estimate of drug-likeness (QED) is 0.561. The van der Waals surface area contributed by atoms with E-state index < -0.39 is 12.0 Å². The molecule has 1 atom stereocenters. The van der Waals surface area contributed by atoms with Gasteiger partial charge in [0.05, 0.1) is 0 Å². The van der Waals surface area contributed by atoms with Crippen molar-refractivity contribution < 1.29 is 9.90 Å². The van der Waals surface area contributed by atoms with E-state index in [0.29, 0.717) is 0 Å². The van der Waals surface area contributed by atoms with Gasteiger partial charge in [0.1, 0.15) is 6.04 Å². The molecule has 0 rings (SSSR count). The number of nitrogens with two attached hydrogens (primary N) is 1. The molecule has 58 valence electrons. The molecule has 0 aromatic rings. The van der Waals surface area contributed by atoms with Crippen molar-refractivity contribution in [2.75, 3.05) is 0 Å². The molecule has 0 fully saturated rings. The van der Waals surface area contributed by atoms with Crippen LogP contribution in [0.2, 0.25) is 0 Å². The molecule has 0 aromatic heterocycles. The summed E-state index contributed by atoms with van der Waals surface area (Å²) >= 11 is 0. The topological polar surface area (TPSA) is 63.3 Å². The van der Waals surface area contributed by atoms with Crippen molar-refractivity contribution in [3.8, 4) is 0 Å². The Kier molecular flexibility index (Phi) is 3.09. The Bertz CT molecular complexity index is 168. The van der Waals surface area contributed by atoms with Gasteiger partial charge in [-0.15, -0.1) is 0 Å². The summed E-state index contributed by atoms with van der Waals surface area (Å²) in [6.45, 7) is 5.42. The fourth-order valence-corrected chi connectivity index (χ4v) is 0.496. The zero-order chi connectivity index (χ0) is 8.31. The Hall–Kier alpha value is -0.830. The molecule has 10 heavy (non-hydrogen) atoms. The minimum atomic E-state index is -0.973. The number of carbonyl (C=O) groups is 1. The minimum absolute atomic E-state index is 0.729. The van der Waals surface area contributed by atoms with Crippen LogP contribution in [-0.4, -0.2) is 17.1 Å². The van der Waals surface area contributed by atoms with E-state index in [4.69, 9.17) is 10.8 Å². The zero-order valence-electron chi connectivity index (χ0n) is 6.51. The van der Waals surface area contributed by atoms with Crippen LogP contribution in [0.1, 0.15) is 20.8 Å². The summed E-state index contributed by atoms with van der Waals surface area (Å²) in [5.74, 6) is -0.973. The third-order valence-corrected chi connectivity index (χ3v) is 1.52. The number of allylic oxidation sites excluding steroid dienone is 1. The van der Waals surface area contributed by atoms with Crippen molar-refractivity contribution in [2.45, 2.75) is 26.8 Å². The normalized spacial score (nSPS) is 12.4. The van der Waals surface area contributed by atoms with Crippen molar-refractivity contribution in [3.05, 3.63) is 11.1 Å². The van der Waals surface area contributed by atoms with Crippen molar-refractivity contribution >= 4 is 5.97 Å². The third-order valence-electron chi connectivity index (χ3n) is 1.52. The van der Waals surface area contributed by atoms with Crippen LogP contribution >= 0.6 is 0 Å². The van der Waals surface area contributed by atoms with Crippen molar-refractivity contribution in [1.82, 2.24) is 0 Å². The van der Waals surface area contributed by atoms with Gasteiger partial charge in [-0.25, -0.2) is 0 Å². The monoisotopic (exact) mass is 143 g/mol. The molecule has 0 bridgehead atoms. The summed E-state index contributed by atoms with van der Waals surface area (Å²) in [4.78, 5) is 10.3. The Morgan fingerprint density at radius 3 is 1.90 bits per heavy atom. The van der Waals surface area contributed by atoms with Crippen LogP contribution in [0.15, 0.2) is 11.1 Å². The SMILES string of the molecule is CC(C)=C(C)C(N)C(=O)O. The number of hydrogen-bond acceptors (Lipinski definition) is 2. The highest BCUT2D eigenvalue weighted by Crippen LogP contribution is 2.05. The van der Waals surface area contributed by atoms with Crippen LogP contribution in [0, 0.1) is 0 Å². The van der Waals surface area contributed by atoms with Crippen LogP contribution in [0.4, 0.5) is 0 Å². The van der Waals surface area contributed by atoms with Crippen LogP contribution < -0.4 is 5.73 Å². The molecule has 0 aliphatic heterocycles. The molecule has 0 amide bonds. The average molecular weight is 143 g/mol. The Morgan fingerprint density at radius 1 is 1.40 bits per heavy atom. The van der Waals surface area contributed by atoms with Crippen LogP contribution in [0.3, 0.4) is 0 Å². The summed E-state index contributed by atoms with van der Waals surface area (Å²) < 4.78 is 0. The van der Waals surface area contributed by atoms with E-state index >= 15 is 0 Å². The fraction of sp³-hybridized carbons (Fsp3) is 0.571. The lowest BCUT2D eigenvalue weighted by atomic mass is 10.1. The summed E-state index contributed by atoms with van der Waals surface area (Å²) in [5.41, 5.74) is 7.00. The predicted molar refractivity (Wildman–Crippen MR) is 39.7 cm³/mol. The van der Waals surface area contributed by atoms with Gasteiger partial charge in [0.15, 0.2) is 0 Å². The molecule has 0 aliphatic carbocycles. The van der Waals surface area contributed by atoms with E-state index in [0.717, 1.165) is 11.1 Å². The first-order valence-corrected chi connectivity index (χ1v) is 3.09. The second-order valence-electron chi connectivity index (χ2n) is 2.50. The number of aliphatic carboxylic acids is 1. The molecule has 0 heterocycles. The highest BCUT2D eigenvalue weighted by molar-refractivity contribution is 5.77. The van der Waals surface area contributed by atoms with Crippen LogP contribution in [-0.2, 0) is 4.79 Å². The molecule has 0 aliphatic rings. The van der Waals surface area contributed by atoms with E-state index in [9.17, 15) is 4.79 Å².